The highest BCUT2D eigenvalue weighted by Gasteiger charge is 2.23. The van der Waals surface area contributed by atoms with Crippen LogP contribution < -0.4 is 15.8 Å². The van der Waals surface area contributed by atoms with Crippen molar-refractivity contribution in [2.45, 2.75) is 19.4 Å². The van der Waals surface area contributed by atoms with E-state index in [0.717, 1.165) is 26.1 Å². The predicted molar refractivity (Wildman–Crippen MR) is 82.5 cm³/mol. The van der Waals surface area contributed by atoms with Crippen LogP contribution in [0.4, 0.5) is 11.4 Å². The number of carbonyl (C=O) groups is 1. The number of anilines is 2. The highest BCUT2D eigenvalue weighted by atomic mass is 16.5. The van der Waals surface area contributed by atoms with Crippen molar-refractivity contribution < 1.29 is 14.3 Å². The molecule has 1 heterocycles. The van der Waals surface area contributed by atoms with E-state index in [1.165, 1.54) is 0 Å². The fourth-order valence-corrected chi connectivity index (χ4v) is 2.37. The zero-order valence-corrected chi connectivity index (χ0v) is 12.6. The van der Waals surface area contributed by atoms with Gasteiger partial charge in [-0.3, -0.25) is 9.69 Å². The number of carbonyl (C=O) groups excluding carboxylic acids is 1. The third-order valence-electron chi connectivity index (χ3n) is 3.67. The van der Waals surface area contributed by atoms with E-state index >= 15 is 0 Å². The van der Waals surface area contributed by atoms with Crippen LogP contribution in [0.5, 0.6) is 5.75 Å². The second-order valence-corrected chi connectivity index (χ2v) is 5.13. The molecule has 1 atom stereocenters. The molecule has 1 aliphatic rings. The normalized spacial score (nSPS) is 17.8. The fourth-order valence-electron chi connectivity index (χ4n) is 2.37. The van der Waals surface area contributed by atoms with Crippen LogP contribution in [0.1, 0.15) is 13.3 Å². The summed E-state index contributed by atoms with van der Waals surface area (Å²) in [5.41, 5.74) is 6.95. The Morgan fingerprint density at radius 1 is 1.43 bits per heavy atom. The van der Waals surface area contributed by atoms with Crippen molar-refractivity contribution in [1.82, 2.24) is 4.90 Å². The number of rotatable bonds is 4. The lowest BCUT2D eigenvalue weighted by molar-refractivity contribution is -0.120. The van der Waals surface area contributed by atoms with Crippen LogP contribution in [0.3, 0.4) is 0 Å². The van der Waals surface area contributed by atoms with Gasteiger partial charge in [-0.05, 0) is 25.5 Å². The molecule has 21 heavy (non-hydrogen) atoms. The summed E-state index contributed by atoms with van der Waals surface area (Å²) in [7, 11) is 1.56. The molecule has 1 amide bonds. The quantitative estimate of drug-likeness (QED) is 0.819. The van der Waals surface area contributed by atoms with Crippen LogP contribution in [0, 0.1) is 0 Å². The summed E-state index contributed by atoms with van der Waals surface area (Å²) in [6.45, 7) is 4.98. The molecule has 1 unspecified atom stereocenters. The van der Waals surface area contributed by atoms with Crippen molar-refractivity contribution in [1.29, 1.82) is 0 Å². The summed E-state index contributed by atoms with van der Waals surface area (Å²) in [5, 5.41) is 2.90. The number of amides is 1. The van der Waals surface area contributed by atoms with Gasteiger partial charge in [-0.25, -0.2) is 0 Å². The van der Waals surface area contributed by atoms with Gasteiger partial charge in [0.2, 0.25) is 5.91 Å². The highest BCUT2D eigenvalue weighted by molar-refractivity contribution is 5.96. The van der Waals surface area contributed by atoms with Crippen molar-refractivity contribution >= 4 is 17.3 Å². The number of nitrogens with two attached hydrogens (primary N) is 1. The molecule has 2 rings (SSSR count). The fraction of sp³-hybridized carbons (Fsp3) is 0.533. The van der Waals surface area contributed by atoms with Gasteiger partial charge >= 0.3 is 0 Å². The smallest absolute Gasteiger partial charge is 0.241 e. The molecule has 0 aliphatic carbocycles. The maximum absolute atomic E-state index is 12.4. The first-order valence-electron chi connectivity index (χ1n) is 7.18. The van der Waals surface area contributed by atoms with Gasteiger partial charge in [-0.1, -0.05) is 0 Å². The summed E-state index contributed by atoms with van der Waals surface area (Å²) in [6, 6.07) is 4.97. The van der Waals surface area contributed by atoms with E-state index in [4.69, 9.17) is 15.2 Å². The summed E-state index contributed by atoms with van der Waals surface area (Å²) in [4.78, 5) is 14.5. The summed E-state index contributed by atoms with van der Waals surface area (Å²) in [5.74, 6) is 0.509. The van der Waals surface area contributed by atoms with Crippen molar-refractivity contribution in [2.75, 3.05) is 44.5 Å². The minimum absolute atomic E-state index is 0.0556. The third kappa shape index (κ3) is 4.09. The first-order chi connectivity index (χ1) is 10.1. The lowest BCUT2D eigenvalue weighted by Crippen LogP contribution is -2.43. The van der Waals surface area contributed by atoms with Gasteiger partial charge in [0.05, 0.1) is 25.4 Å². The van der Waals surface area contributed by atoms with Crippen LogP contribution in [-0.4, -0.2) is 50.3 Å². The number of benzene rings is 1. The van der Waals surface area contributed by atoms with Gasteiger partial charge in [0, 0.05) is 31.5 Å². The van der Waals surface area contributed by atoms with Crippen molar-refractivity contribution in [3.8, 4) is 5.75 Å². The van der Waals surface area contributed by atoms with E-state index < -0.39 is 0 Å². The van der Waals surface area contributed by atoms with Crippen LogP contribution >= 0.6 is 0 Å². The van der Waals surface area contributed by atoms with E-state index in [-0.39, 0.29) is 11.9 Å². The van der Waals surface area contributed by atoms with Gasteiger partial charge in [0.1, 0.15) is 5.75 Å². The molecule has 0 radical (unpaired) electrons. The van der Waals surface area contributed by atoms with Crippen LogP contribution in [0.2, 0.25) is 0 Å². The van der Waals surface area contributed by atoms with E-state index in [1.807, 2.05) is 6.92 Å². The molecule has 3 N–H and O–H groups in total. The molecule has 1 aliphatic heterocycles. The van der Waals surface area contributed by atoms with E-state index in [2.05, 4.69) is 10.2 Å². The van der Waals surface area contributed by atoms with Gasteiger partial charge in [-0.15, -0.1) is 0 Å². The third-order valence-corrected chi connectivity index (χ3v) is 3.67. The first kappa shape index (κ1) is 15.6. The number of hydrogen-bond donors (Lipinski definition) is 2. The van der Waals surface area contributed by atoms with Gasteiger partial charge in [0.15, 0.2) is 0 Å². The Hall–Kier alpha value is -1.79. The highest BCUT2D eigenvalue weighted by Crippen LogP contribution is 2.26. The molecule has 1 aromatic rings. The lowest BCUT2D eigenvalue weighted by Gasteiger charge is -2.26. The molecule has 0 saturated carbocycles. The molecule has 1 saturated heterocycles. The molecular weight excluding hydrogens is 270 g/mol. The van der Waals surface area contributed by atoms with E-state index in [1.54, 1.807) is 25.3 Å². The number of hydrogen-bond acceptors (Lipinski definition) is 5. The van der Waals surface area contributed by atoms with Gasteiger partial charge in [0.25, 0.3) is 0 Å². The van der Waals surface area contributed by atoms with Gasteiger partial charge in [-0.2, -0.15) is 0 Å². The maximum Gasteiger partial charge on any atom is 0.241 e. The summed E-state index contributed by atoms with van der Waals surface area (Å²) < 4.78 is 10.7. The largest absolute Gasteiger partial charge is 0.494 e. The zero-order valence-electron chi connectivity index (χ0n) is 12.6. The second kappa shape index (κ2) is 7.28. The molecule has 0 bridgehead atoms. The number of nitrogens with zero attached hydrogens (tertiary/aromatic N) is 1. The Bertz CT molecular complexity index is 485. The Labute approximate surface area is 125 Å². The molecule has 0 aromatic heterocycles. The average Bonchev–Trinajstić information content (AvgIpc) is 2.77. The molecule has 6 heteroatoms. The van der Waals surface area contributed by atoms with Crippen molar-refractivity contribution in [3.05, 3.63) is 18.2 Å². The molecule has 1 aromatic carbocycles. The minimum atomic E-state index is -0.214. The molecule has 0 spiro atoms. The number of nitrogen functional groups attached to an aromatic ring is 1. The molecule has 1 fully saturated rings. The van der Waals surface area contributed by atoms with Crippen LogP contribution in [-0.2, 0) is 9.53 Å². The Morgan fingerprint density at radius 2 is 2.24 bits per heavy atom. The topological polar surface area (TPSA) is 76.8 Å². The number of methoxy groups -OCH3 is 1. The predicted octanol–water partition coefficient (Wildman–Crippen LogP) is 1.33. The Kier molecular flexibility index (Phi) is 5.41. The average molecular weight is 293 g/mol. The van der Waals surface area contributed by atoms with Crippen molar-refractivity contribution in [2.24, 2.45) is 0 Å². The molecular formula is C15H23N3O3. The number of nitrogens with one attached hydrogen (secondary N) is 1. The van der Waals surface area contributed by atoms with Crippen LogP contribution in [0.15, 0.2) is 18.2 Å². The van der Waals surface area contributed by atoms with Crippen molar-refractivity contribution in [3.63, 3.8) is 0 Å². The lowest BCUT2D eigenvalue weighted by atomic mass is 10.2. The molecule has 6 nitrogen and oxygen atoms in total. The number of ether oxygens (including phenoxy) is 2. The minimum Gasteiger partial charge on any atom is -0.494 e. The second-order valence-electron chi connectivity index (χ2n) is 5.13. The zero-order chi connectivity index (χ0) is 15.2. The summed E-state index contributed by atoms with van der Waals surface area (Å²) in [6.07, 6.45) is 0.947. The van der Waals surface area contributed by atoms with Gasteiger partial charge < -0.3 is 20.5 Å². The standard InChI is InChI=1S/C15H23N3O3/c1-11(18-6-3-8-21-9-7-18)15(19)17-13-5-4-12(16)10-14(13)20-2/h4-5,10-11H,3,6-9,16H2,1-2H3,(H,17,19). The molecule has 116 valence electrons. The van der Waals surface area contributed by atoms with Crippen LogP contribution in [0.25, 0.3) is 0 Å². The Balaban J connectivity index is 2.03. The monoisotopic (exact) mass is 293 g/mol. The van der Waals surface area contributed by atoms with E-state index in [9.17, 15) is 4.79 Å². The first-order valence-corrected chi connectivity index (χ1v) is 7.18. The SMILES string of the molecule is COc1cc(N)ccc1NC(=O)C(C)N1CCCOCC1. The summed E-state index contributed by atoms with van der Waals surface area (Å²) >= 11 is 0. The maximum atomic E-state index is 12.4. The van der Waals surface area contributed by atoms with E-state index in [0.29, 0.717) is 23.7 Å². The Morgan fingerprint density at radius 3 is 3.00 bits per heavy atom.